The lowest BCUT2D eigenvalue weighted by Crippen LogP contribution is -2.45. The van der Waals surface area contributed by atoms with Gasteiger partial charge in [0.25, 0.3) is 0 Å². The van der Waals surface area contributed by atoms with Crippen LogP contribution < -0.4 is 0 Å². The average Bonchev–Trinajstić information content (AvgIpc) is 2.45. The number of halogens is 8. The zero-order chi connectivity index (χ0) is 20.9. The van der Waals surface area contributed by atoms with Gasteiger partial charge in [0.15, 0.2) is 12.0 Å². The number of carbonyl (C=O) groups excluding carboxylic acids is 2. The van der Waals surface area contributed by atoms with Crippen LogP contribution in [0, 0.1) is 5.92 Å². The molecule has 0 spiro atoms. The van der Waals surface area contributed by atoms with E-state index in [1.807, 2.05) is 0 Å². The molecule has 0 radical (unpaired) electrons. The van der Waals surface area contributed by atoms with Crippen LogP contribution in [-0.4, -0.2) is 42.9 Å². The number of rotatable bonds is 8. The molecule has 0 aliphatic heterocycles. The van der Waals surface area contributed by atoms with Crippen LogP contribution in [0.2, 0.25) is 0 Å². The van der Waals surface area contributed by atoms with Crippen molar-refractivity contribution in [2.45, 2.75) is 51.1 Å². The Hall–Kier alpha value is -1.88. The van der Waals surface area contributed by atoms with Crippen molar-refractivity contribution in [1.82, 2.24) is 0 Å². The van der Waals surface area contributed by atoms with Gasteiger partial charge in [-0.15, -0.1) is 0 Å². The Balaban J connectivity index is 4.97. The maximum absolute atomic E-state index is 13.9. The van der Waals surface area contributed by atoms with Crippen LogP contribution >= 0.6 is 0 Å². The van der Waals surface area contributed by atoms with Crippen molar-refractivity contribution in [2.75, 3.05) is 6.61 Å². The molecule has 0 aromatic heterocycles. The molecule has 0 heterocycles. The SMILES string of the molecule is C=C(C)C(=O)OC(CC)C(F)(F)C(=O)OCCC(C(F)(F)F)C(F)(F)F. The van der Waals surface area contributed by atoms with E-state index < -0.39 is 61.7 Å². The number of ether oxygens (including phenoxy) is 2. The molecule has 0 fully saturated rings. The molecule has 0 aliphatic rings. The van der Waals surface area contributed by atoms with Crippen LogP contribution in [0.4, 0.5) is 35.1 Å². The van der Waals surface area contributed by atoms with Gasteiger partial charge in [0.2, 0.25) is 0 Å². The molecule has 0 saturated carbocycles. The first-order chi connectivity index (χ1) is 11.5. The molecular weight excluding hydrogens is 384 g/mol. The predicted molar refractivity (Wildman–Crippen MR) is 71.1 cm³/mol. The van der Waals surface area contributed by atoms with Crippen LogP contribution in [0.1, 0.15) is 26.7 Å². The summed E-state index contributed by atoms with van der Waals surface area (Å²) in [7, 11) is 0. The Kier molecular flexibility index (Phi) is 8.04. The highest BCUT2D eigenvalue weighted by molar-refractivity contribution is 5.87. The van der Waals surface area contributed by atoms with E-state index >= 15 is 0 Å². The molecule has 12 heteroatoms. The summed E-state index contributed by atoms with van der Waals surface area (Å²) in [6.45, 7) is 3.83. The first-order valence-electron chi connectivity index (χ1n) is 7.10. The van der Waals surface area contributed by atoms with Crippen molar-refractivity contribution >= 4 is 11.9 Å². The van der Waals surface area contributed by atoms with E-state index in [9.17, 15) is 44.7 Å². The molecule has 0 bridgehead atoms. The summed E-state index contributed by atoms with van der Waals surface area (Å²) in [6.07, 6.45) is -16.0. The molecule has 0 amide bonds. The van der Waals surface area contributed by atoms with Gasteiger partial charge in [-0.05, 0) is 13.3 Å². The Morgan fingerprint density at radius 3 is 1.81 bits per heavy atom. The van der Waals surface area contributed by atoms with Crippen molar-refractivity contribution in [1.29, 1.82) is 0 Å². The van der Waals surface area contributed by atoms with Crippen LogP contribution in [0.25, 0.3) is 0 Å². The highest BCUT2D eigenvalue weighted by Crippen LogP contribution is 2.41. The van der Waals surface area contributed by atoms with Gasteiger partial charge in [0, 0.05) is 12.0 Å². The fraction of sp³-hybridized carbons (Fsp3) is 0.714. The van der Waals surface area contributed by atoms with Gasteiger partial charge >= 0.3 is 30.2 Å². The van der Waals surface area contributed by atoms with Gasteiger partial charge in [-0.2, -0.15) is 35.1 Å². The Morgan fingerprint density at radius 1 is 1.00 bits per heavy atom. The number of hydrogen-bond acceptors (Lipinski definition) is 4. The standard InChI is InChI=1S/C14H16F8O4/c1-4-9(26-10(23)7(2)3)12(15,16)11(24)25-6-5-8(13(17,18)19)14(20,21)22/h8-9H,2,4-6H2,1,3H3. The molecule has 0 aromatic rings. The monoisotopic (exact) mass is 400 g/mol. The van der Waals surface area contributed by atoms with Gasteiger partial charge in [0.1, 0.15) is 0 Å². The second-order valence-corrected chi connectivity index (χ2v) is 5.27. The molecule has 0 aliphatic carbocycles. The quantitative estimate of drug-likeness (QED) is 0.348. The lowest BCUT2D eigenvalue weighted by molar-refractivity contribution is -0.287. The normalized spacial score (nSPS) is 14.1. The maximum atomic E-state index is 13.9. The topological polar surface area (TPSA) is 52.6 Å². The molecule has 1 atom stereocenters. The Bertz CT molecular complexity index is 510. The van der Waals surface area contributed by atoms with E-state index in [1.54, 1.807) is 0 Å². The van der Waals surface area contributed by atoms with Gasteiger partial charge in [-0.25, -0.2) is 9.59 Å². The molecule has 26 heavy (non-hydrogen) atoms. The van der Waals surface area contributed by atoms with E-state index in [-0.39, 0.29) is 5.57 Å². The summed E-state index contributed by atoms with van der Waals surface area (Å²) in [6, 6.07) is 0. The van der Waals surface area contributed by atoms with Crippen molar-refractivity contribution in [3.8, 4) is 0 Å². The van der Waals surface area contributed by atoms with Crippen LogP contribution in [0.3, 0.4) is 0 Å². The van der Waals surface area contributed by atoms with Crippen molar-refractivity contribution in [2.24, 2.45) is 5.92 Å². The number of carbonyl (C=O) groups is 2. The van der Waals surface area contributed by atoms with Crippen molar-refractivity contribution in [3.63, 3.8) is 0 Å². The third-order valence-electron chi connectivity index (χ3n) is 3.08. The van der Waals surface area contributed by atoms with Crippen LogP contribution in [-0.2, 0) is 19.1 Å². The number of hydrogen-bond donors (Lipinski definition) is 0. The fourth-order valence-corrected chi connectivity index (χ4v) is 1.65. The number of alkyl halides is 8. The van der Waals surface area contributed by atoms with E-state index in [0.29, 0.717) is 0 Å². The molecule has 0 rings (SSSR count). The lowest BCUT2D eigenvalue weighted by atomic mass is 10.1. The molecule has 1 unspecified atom stereocenters. The number of esters is 2. The predicted octanol–water partition coefficient (Wildman–Crippen LogP) is 4.19. The fourth-order valence-electron chi connectivity index (χ4n) is 1.65. The summed E-state index contributed by atoms with van der Waals surface area (Å²) in [5, 5.41) is 0. The molecule has 152 valence electrons. The first kappa shape index (κ1) is 24.1. The third kappa shape index (κ3) is 6.79. The van der Waals surface area contributed by atoms with Crippen molar-refractivity contribution in [3.05, 3.63) is 12.2 Å². The van der Waals surface area contributed by atoms with E-state index in [0.717, 1.165) is 13.8 Å². The Morgan fingerprint density at radius 2 is 1.46 bits per heavy atom. The minimum Gasteiger partial charge on any atom is -0.461 e. The van der Waals surface area contributed by atoms with E-state index in [2.05, 4.69) is 16.1 Å². The highest BCUT2D eigenvalue weighted by Gasteiger charge is 2.56. The largest absolute Gasteiger partial charge is 0.461 e. The van der Waals surface area contributed by atoms with E-state index in [1.165, 1.54) is 0 Å². The second-order valence-electron chi connectivity index (χ2n) is 5.27. The maximum Gasteiger partial charge on any atom is 0.400 e. The lowest BCUT2D eigenvalue weighted by Gasteiger charge is -2.25. The third-order valence-corrected chi connectivity index (χ3v) is 3.08. The minimum absolute atomic E-state index is 0.259. The summed E-state index contributed by atoms with van der Waals surface area (Å²) in [4.78, 5) is 22.6. The molecular formula is C14H16F8O4. The zero-order valence-corrected chi connectivity index (χ0v) is 13.6. The second kappa shape index (κ2) is 8.67. The van der Waals surface area contributed by atoms with Crippen molar-refractivity contribution < 1.29 is 54.2 Å². The summed E-state index contributed by atoms with van der Waals surface area (Å²) >= 11 is 0. The van der Waals surface area contributed by atoms with E-state index in [4.69, 9.17) is 0 Å². The van der Waals surface area contributed by atoms with Gasteiger partial charge in [0.05, 0.1) is 6.61 Å². The summed E-state index contributed by atoms with van der Waals surface area (Å²) in [5.74, 6) is -12.0. The molecule has 0 saturated heterocycles. The van der Waals surface area contributed by atoms with Gasteiger partial charge in [-0.3, -0.25) is 0 Å². The van der Waals surface area contributed by atoms with Gasteiger partial charge < -0.3 is 9.47 Å². The average molecular weight is 400 g/mol. The highest BCUT2D eigenvalue weighted by atomic mass is 19.4. The minimum atomic E-state index is -5.68. The smallest absolute Gasteiger partial charge is 0.400 e. The van der Waals surface area contributed by atoms with Gasteiger partial charge in [-0.1, -0.05) is 13.5 Å². The molecule has 0 N–H and O–H groups in total. The first-order valence-corrected chi connectivity index (χ1v) is 7.10. The van der Waals surface area contributed by atoms with Crippen LogP contribution in [0.15, 0.2) is 12.2 Å². The summed E-state index contributed by atoms with van der Waals surface area (Å²) < 4.78 is 110. The molecule has 4 nitrogen and oxygen atoms in total. The van der Waals surface area contributed by atoms with Crippen LogP contribution in [0.5, 0.6) is 0 Å². The molecule has 0 aromatic carbocycles. The zero-order valence-electron chi connectivity index (χ0n) is 13.6. The Labute approximate surface area is 143 Å². The summed E-state index contributed by atoms with van der Waals surface area (Å²) in [5.41, 5.74) is -0.259.